The molecule has 0 aliphatic heterocycles. The standard InChI is InChI=1S/C13H13FN2O3/c1-19-6-5-10-15-12(17)11(13(18)16-10)8-3-2-4-9(14)7-8/h2-4,7H,5-6H2,1H3,(H2,15,16,17,18). The topological polar surface area (TPSA) is 75.2 Å². The Kier molecular flexibility index (Phi) is 3.91. The average Bonchev–Trinajstić information content (AvgIpc) is 2.35. The minimum absolute atomic E-state index is 0.0410. The van der Waals surface area contributed by atoms with Gasteiger partial charge in [-0.1, -0.05) is 12.1 Å². The van der Waals surface area contributed by atoms with E-state index in [2.05, 4.69) is 9.97 Å². The van der Waals surface area contributed by atoms with Gasteiger partial charge in [-0.2, -0.15) is 4.98 Å². The van der Waals surface area contributed by atoms with Crippen LogP contribution >= 0.6 is 0 Å². The molecule has 0 amide bonds. The number of methoxy groups -OCH3 is 1. The molecule has 1 aromatic carbocycles. The largest absolute Gasteiger partial charge is 0.493 e. The molecule has 0 aliphatic rings. The Morgan fingerprint density at radius 3 is 2.89 bits per heavy atom. The molecule has 0 radical (unpaired) electrons. The molecule has 2 N–H and O–H groups in total. The van der Waals surface area contributed by atoms with Crippen LogP contribution in [0.4, 0.5) is 4.39 Å². The highest BCUT2D eigenvalue weighted by molar-refractivity contribution is 5.67. The van der Waals surface area contributed by atoms with Crippen molar-refractivity contribution in [2.45, 2.75) is 6.42 Å². The summed E-state index contributed by atoms with van der Waals surface area (Å²) in [6.45, 7) is 0.377. The van der Waals surface area contributed by atoms with E-state index < -0.39 is 17.3 Å². The number of aromatic amines is 1. The minimum Gasteiger partial charge on any atom is -0.493 e. The Morgan fingerprint density at radius 1 is 1.47 bits per heavy atom. The van der Waals surface area contributed by atoms with Gasteiger partial charge in [0.05, 0.1) is 6.61 Å². The van der Waals surface area contributed by atoms with Crippen LogP contribution in [0.2, 0.25) is 0 Å². The highest BCUT2D eigenvalue weighted by Gasteiger charge is 2.13. The first kappa shape index (κ1) is 13.2. The van der Waals surface area contributed by atoms with E-state index in [1.54, 1.807) is 0 Å². The normalized spacial score (nSPS) is 10.6. The Balaban J connectivity index is 2.45. The van der Waals surface area contributed by atoms with Gasteiger partial charge in [-0.3, -0.25) is 4.79 Å². The van der Waals surface area contributed by atoms with Crippen LogP contribution in [0.15, 0.2) is 29.1 Å². The Morgan fingerprint density at radius 2 is 2.26 bits per heavy atom. The highest BCUT2D eigenvalue weighted by Crippen LogP contribution is 2.23. The predicted molar refractivity (Wildman–Crippen MR) is 67.5 cm³/mol. The lowest BCUT2D eigenvalue weighted by atomic mass is 10.1. The maximum Gasteiger partial charge on any atom is 0.262 e. The van der Waals surface area contributed by atoms with Crippen molar-refractivity contribution < 1.29 is 14.2 Å². The molecule has 100 valence electrons. The molecule has 0 atom stereocenters. The van der Waals surface area contributed by atoms with Crippen molar-refractivity contribution in [3.63, 3.8) is 0 Å². The number of benzene rings is 1. The zero-order valence-corrected chi connectivity index (χ0v) is 10.3. The number of halogens is 1. The first-order valence-corrected chi connectivity index (χ1v) is 5.69. The van der Waals surface area contributed by atoms with Gasteiger partial charge in [-0.05, 0) is 17.7 Å². The van der Waals surface area contributed by atoms with Crippen molar-refractivity contribution in [3.05, 3.63) is 46.3 Å². The molecular formula is C13H13FN2O3. The van der Waals surface area contributed by atoms with Gasteiger partial charge in [0, 0.05) is 13.5 Å². The quantitative estimate of drug-likeness (QED) is 0.876. The van der Waals surface area contributed by atoms with E-state index in [1.165, 1.54) is 31.4 Å². The van der Waals surface area contributed by atoms with E-state index >= 15 is 0 Å². The van der Waals surface area contributed by atoms with Gasteiger partial charge in [0.2, 0.25) is 5.88 Å². The number of H-pyrrole nitrogens is 1. The summed E-state index contributed by atoms with van der Waals surface area (Å²) in [5.74, 6) is -0.579. The van der Waals surface area contributed by atoms with Crippen molar-refractivity contribution in [1.82, 2.24) is 9.97 Å². The molecule has 0 saturated carbocycles. The summed E-state index contributed by atoms with van der Waals surface area (Å²) in [5, 5.41) is 9.82. The lowest BCUT2D eigenvalue weighted by Crippen LogP contribution is -2.15. The SMILES string of the molecule is COCCc1nc(O)c(-c2cccc(F)c2)c(=O)[nH]1. The molecule has 0 unspecified atom stereocenters. The van der Waals surface area contributed by atoms with Crippen LogP contribution in [0.25, 0.3) is 11.1 Å². The summed E-state index contributed by atoms with van der Waals surface area (Å²) in [7, 11) is 1.53. The van der Waals surface area contributed by atoms with Crippen molar-refractivity contribution in [1.29, 1.82) is 0 Å². The molecule has 2 rings (SSSR count). The van der Waals surface area contributed by atoms with Crippen molar-refractivity contribution in [2.75, 3.05) is 13.7 Å². The fourth-order valence-corrected chi connectivity index (χ4v) is 1.73. The summed E-state index contributed by atoms with van der Waals surface area (Å²) >= 11 is 0. The lowest BCUT2D eigenvalue weighted by molar-refractivity contribution is 0.200. The molecule has 2 aromatic rings. The molecule has 0 fully saturated rings. The zero-order chi connectivity index (χ0) is 13.8. The molecule has 5 nitrogen and oxygen atoms in total. The van der Waals surface area contributed by atoms with Crippen LogP contribution in [0, 0.1) is 5.82 Å². The molecule has 19 heavy (non-hydrogen) atoms. The number of aromatic hydroxyl groups is 1. The molecule has 0 saturated heterocycles. The van der Waals surface area contributed by atoms with Crippen molar-refractivity contribution in [3.8, 4) is 17.0 Å². The monoisotopic (exact) mass is 264 g/mol. The fraction of sp³-hybridized carbons (Fsp3) is 0.231. The van der Waals surface area contributed by atoms with Gasteiger partial charge < -0.3 is 14.8 Å². The molecule has 6 heteroatoms. The molecule has 0 bridgehead atoms. The summed E-state index contributed by atoms with van der Waals surface area (Å²) < 4.78 is 18.0. The van der Waals surface area contributed by atoms with Crippen molar-refractivity contribution in [2.24, 2.45) is 0 Å². The maximum absolute atomic E-state index is 13.1. The second-order valence-corrected chi connectivity index (χ2v) is 3.96. The molecule has 0 aliphatic carbocycles. The number of aromatic nitrogens is 2. The van der Waals surface area contributed by atoms with E-state index in [0.29, 0.717) is 18.9 Å². The van der Waals surface area contributed by atoms with Crippen LogP contribution in [0.3, 0.4) is 0 Å². The first-order chi connectivity index (χ1) is 9.11. The highest BCUT2D eigenvalue weighted by atomic mass is 19.1. The smallest absolute Gasteiger partial charge is 0.262 e. The van der Waals surface area contributed by atoms with Crippen LogP contribution in [0.5, 0.6) is 5.88 Å². The van der Waals surface area contributed by atoms with Gasteiger partial charge in [0.1, 0.15) is 17.2 Å². The van der Waals surface area contributed by atoms with E-state index in [0.717, 1.165) is 0 Å². The second kappa shape index (κ2) is 5.62. The third-order valence-corrected chi connectivity index (χ3v) is 2.61. The third-order valence-electron chi connectivity index (χ3n) is 2.61. The van der Waals surface area contributed by atoms with Gasteiger partial charge in [0.15, 0.2) is 0 Å². The van der Waals surface area contributed by atoms with Crippen LogP contribution in [0.1, 0.15) is 5.82 Å². The zero-order valence-electron chi connectivity index (χ0n) is 10.3. The summed E-state index contributed by atoms with van der Waals surface area (Å²) in [6.07, 6.45) is 0.378. The van der Waals surface area contributed by atoms with Gasteiger partial charge in [-0.15, -0.1) is 0 Å². The fourth-order valence-electron chi connectivity index (χ4n) is 1.73. The molecule has 0 spiro atoms. The number of rotatable bonds is 4. The van der Waals surface area contributed by atoms with E-state index in [-0.39, 0.29) is 11.1 Å². The number of hydrogen-bond acceptors (Lipinski definition) is 4. The summed E-state index contributed by atoms with van der Waals surface area (Å²) in [5.41, 5.74) is -0.269. The van der Waals surface area contributed by atoms with Gasteiger partial charge in [-0.25, -0.2) is 4.39 Å². The van der Waals surface area contributed by atoms with E-state index in [1.807, 2.05) is 0 Å². The molecule has 1 heterocycles. The van der Waals surface area contributed by atoms with Crippen molar-refractivity contribution >= 4 is 0 Å². The number of ether oxygens (including phenoxy) is 1. The van der Waals surface area contributed by atoms with Crippen LogP contribution in [-0.4, -0.2) is 28.8 Å². The van der Waals surface area contributed by atoms with Gasteiger partial charge in [0.25, 0.3) is 5.56 Å². The second-order valence-electron chi connectivity index (χ2n) is 3.96. The van der Waals surface area contributed by atoms with Crippen LogP contribution < -0.4 is 5.56 Å². The summed E-state index contributed by atoms with van der Waals surface area (Å²) in [6, 6.07) is 5.42. The Bertz CT molecular complexity index is 640. The predicted octanol–water partition coefficient (Wildman–Crippen LogP) is 1.47. The van der Waals surface area contributed by atoms with Crippen LogP contribution in [-0.2, 0) is 11.2 Å². The maximum atomic E-state index is 13.1. The molecule has 1 aromatic heterocycles. The lowest BCUT2D eigenvalue weighted by Gasteiger charge is -2.06. The Labute approximate surface area is 108 Å². The third kappa shape index (κ3) is 2.97. The van der Waals surface area contributed by atoms with Gasteiger partial charge >= 0.3 is 0 Å². The average molecular weight is 264 g/mol. The molecular weight excluding hydrogens is 251 g/mol. The van der Waals surface area contributed by atoms with E-state index in [9.17, 15) is 14.3 Å². The van der Waals surface area contributed by atoms with E-state index in [4.69, 9.17) is 4.74 Å². The minimum atomic E-state index is -0.510. The summed E-state index contributed by atoms with van der Waals surface area (Å²) in [4.78, 5) is 18.3. The number of nitrogens with one attached hydrogen (secondary N) is 1. The number of hydrogen-bond donors (Lipinski definition) is 2. The first-order valence-electron chi connectivity index (χ1n) is 5.69. The Hall–Kier alpha value is -2.21. The number of nitrogens with zero attached hydrogens (tertiary/aromatic N) is 1.